The Morgan fingerprint density at radius 3 is 2.75 bits per heavy atom. The van der Waals surface area contributed by atoms with Crippen LogP contribution in [0.25, 0.3) is 10.8 Å². The molecule has 20 heavy (non-hydrogen) atoms. The lowest BCUT2D eigenvalue weighted by Crippen LogP contribution is -2.02. The van der Waals surface area contributed by atoms with E-state index in [0.29, 0.717) is 17.8 Å². The Morgan fingerprint density at radius 1 is 1.05 bits per heavy atom. The molecule has 1 heterocycles. The fraction of sp³-hybridized carbons (Fsp3) is 0.0625. The molecule has 3 aromatic rings. The van der Waals surface area contributed by atoms with Crippen molar-refractivity contribution < 1.29 is 4.39 Å². The molecular weight excluding hydrogens is 253 g/mol. The van der Waals surface area contributed by atoms with E-state index in [1.165, 1.54) is 6.07 Å². The zero-order chi connectivity index (χ0) is 13.9. The SMILES string of the molecule is Nc1ccc(NCc2ccccc2F)c2ccncc12. The fourth-order valence-corrected chi connectivity index (χ4v) is 2.20. The van der Waals surface area contributed by atoms with E-state index in [1.807, 2.05) is 24.3 Å². The summed E-state index contributed by atoms with van der Waals surface area (Å²) in [5.74, 6) is -0.207. The second-order valence-electron chi connectivity index (χ2n) is 4.57. The smallest absolute Gasteiger partial charge is 0.128 e. The normalized spacial score (nSPS) is 10.7. The Labute approximate surface area is 116 Å². The molecule has 0 saturated carbocycles. The molecule has 0 unspecified atom stereocenters. The summed E-state index contributed by atoms with van der Waals surface area (Å²) in [6.45, 7) is 0.425. The highest BCUT2D eigenvalue weighted by Gasteiger charge is 2.05. The number of hydrogen-bond acceptors (Lipinski definition) is 3. The quantitative estimate of drug-likeness (QED) is 0.713. The maximum Gasteiger partial charge on any atom is 0.128 e. The molecule has 3 rings (SSSR count). The van der Waals surface area contributed by atoms with Gasteiger partial charge in [-0.05, 0) is 24.3 Å². The van der Waals surface area contributed by atoms with E-state index in [1.54, 1.807) is 24.5 Å². The van der Waals surface area contributed by atoms with Crippen LogP contribution in [-0.4, -0.2) is 4.98 Å². The average molecular weight is 267 g/mol. The van der Waals surface area contributed by atoms with Gasteiger partial charge < -0.3 is 11.1 Å². The number of nitrogens with two attached hydrogens (primary N) is 1. The van der Waals surface area contributed by atoms with Crippen molar-refractivity contribution in [3.05, 3.63) is 66.2 Å². The first-order valence-electron chi connectivity index (χ1n) is 6.35. The minimum absolute atomic E-state index is 0.207. The molecule has 1 aromatic heterocycles. The molecule has 0 saturated heterocycles. The van der Waals surface area contributed by atoms with Gasteiger partial charge in [-0.3, -0.25) is 4.98 Å². The van der Waals surface area contributed by atoms with Gasteiger partial charge in [-0.25, -0.2) is 4.39 Å². The van der Waals surface area contributed by atoms with E-state index in [9.17, 15) is 4.39 Å². The number of nitrogens with one attached hydrogen (secondary N) is 1. The van der Waals surface area contributed by atoms with E-state index in [2.05, 4.69) is 10.3 Å². The molecule has 2 aromatic carbocycles. The number of halogens is 1. The van der Waals surface area contributed by atoms with Crippen molar-refractivity contribution in [3.8, 4) is 0 Å². The highest BCUT2D eigenvalue weighted by molar-refractivity contribution is 6.00. The van der Waals surface area contributed by atoms with Crippen LogP contribution in [0.3, 0.4) is 0 Å². The zero-order valence-electron chi connectivity index (χ0n) is 10.8. The molecule has 0 atom stereocenters. The van der Waals surface area contributed by atoms with Gasteiger partial charge in [-0.15, -0.1) is 0 Å². The largest absolute Gasteiger partial charge is 0.398 e. The Kier molecular flexibility index (Phi) is 3.21. The number of benzene rings is 2. The van der Waals surface area contributed by atoms with Crippen LogP contribution in [-0.2, 0) is 6.54 Å². The average Bonchev–Trinajstić information content (AvgIpc) is 2.48. The molecule has 0 spiro atoms. The predicted molar refractivity (Wildman–Crippen MR) is 79.9 cm³/mol. The van der Waals surface area contributed by atoms with Crippen LogP contribution in [0, 0.1) is 5.82 Å². The Bertz CT molecular complexity index is 756. The molecule has 0 amide bonds. The van der Waals surface area contributed by atoms with Gasteiger partial charge in [0, 0.05) is 46.6 Å². The van der Waals surface area contributed by atoms with E-state index in [0.717, 1.165) is 16.5 Å². The fourth-order valence-electron chi connectivity index (χ4n) is 2.20. The number of hydrogen-bond donors (Lipinski definition) is 2. The van der Waals surface area contributed by atoms with Gasteiger partial charge in [0.2, 0.25) is 0 Å². The van der Waals surface area contributed by atoms with Gasteiger partial charge in [0.25, 0.3) is 0 Å². The third-order valence-corrected chi connectivity index (χ3v) is 3.28. The summed E-state index contributed by atoms with van der Waals surface area (Å²) < 4.78 is 13.6. The second-order valence-corrected chi connectivity index (χ2v) is 4.57. The van der Waals surface area contributed by atoms with E-state index in [4.69, 9.17) is 5.73 Å². The lowest BCUT2D eigenvalue weighted by molar-refractivity contribution is 0.613. The number of rotatable bonds is 3. The number of aromatic nitrogens is 1. The lowest BCUT2D eigenvalue weighted by atomic mass is 10.1. The second kappa shape index (κ2) is 5.17. The van der Waals surface area contributed by atoms with Crippen molar-refractivity contribution in [2.24, 2.45) is 0 Å². The molecule has 0 aliphatic rings. The predicted octanol–water partition coefficient (Wildman–Crippen LogP) is 3.57. The summed E-state index contributed by atoms with van der Waals surface area (Å²) >= 11 is 0. The van der Waals surface area contributed by atoms with E-state index in [-0.39, 0.29) is 5.82 Å². The summed E-state index contributed by atoms with van der Waals surface area (Å²) in [4.78, 5) is 4.08. The molecule has 100 valence electrons. The van der Waals surface area contributed by atoms with Crippen LogP contribution < -0.4 is 11.1 Å². The summed E-state index contributed by atoms with van der Waals surface area (Å²) in [6, 6.07) is 12.4. The van der Waals surface area contributed by atoms with Crippen LogP contribution in [0.1, 0.15) is 5.56 Å². The summed E-state index contributed by atoms with van der Waals surface area (Å²) in [6.07, 6.45) is 3.45. The standard InChI is InChI=1S/C16H14FN3/c17-14-4-2-1-3-11(14)9-20-16-6-5-15(18)13-10-19-8-7-12(13)16/h1-8,10,20H,9,18H2. The number of nitrogens with zero attached hydrogens (tertiary/aromatic N) is 1. The summed E-state index contributed by atoms with van der Waals surface area (Å²) in [5, 5.41) is 5.13. The number of nitrogen functional groups attached to an aromatic ring is 1. The maximum absolute atomic E-state index is 13.6. The van der Waals surface area contributed by atoms with Gasteiger partial charge in [0.05, 0.1) is 0 Å². The first-order valence-corrected chi connectivity index (χ1v) is 6.35. The first-order chi connectivity index (χ1) is 9.75. The van der Waals surface area contributed by atoms with Gasteiger partial charge in [-0.1, -0.05) is 18.2 Å². The molecule has 0 radical (unpaired) electrons. The van der Waals surface area contributed by atoms with Gasteiger partial charge in [0.15, 0.2) is 0 Å². The van der Waals surface area contributed by atoms with Crippen LogP contribution in [0.4, 0.5) is 15.8 Å². The molecule has 0 aliphatic heterocycles. The topological polar surface area (TPSA) is 50.9 Å². The van der Waals surface area contributed by atoms with Crippen molar-refractivity contribution in [1.29, 1.82) is 0 Å². The van der Waals surface area contributed by atoms with Crippen molar-refractivity contribution in [2.45, 2.75) is 6.54 Å². The molecule has 0 fully saturated rings. The Morgan fingerprint density at radius 2 is 1.90 bits per heavy atom. The van der Waals surface area contributed by atoms with Crippen molar-refractivity contribution in [3.63, 3.8) is 0 Å². The van der Waals surface area contributed by atoms with E-state index >= 15 is 0 Å². The first kappa shape index (κ1) is 12.4. The van der Waals surface area contributed by atoms with Crippen LogP contribution >= 0.6 is 0 Å². The molecular formula is C16H14FN3. The Balaban J connectivity index is 1.92. The number of anilines is 2. The lowest BCUT2D eigenvalue weighted by Gasteiger charge is -2.11. The van der Waals surface area contributed by atoms with Gasteiger partial charge in [0.1, 0.15) is 5.82 Å². The van der Waals surface area contributed by atoms with Crippen molar-refractivity contribution >= 4 is 22.1 Å². The summed E-state index contributed by atoms with van der Waals surface area (Å²) in [5.41, 5.74) is 8.16. The summed E-state index contributed by atoms with van der Waals surface area (Å²) in [7, 11) is 0. The Hall–Kier alpha value is -2.62. The minimum atomic E-state index is -0.207. The minimum Gasteiger partial charge on any atom is -0.398 e. The third-order valence-electron chi connectivity index (χ3n) is 3.28. The van der Waals surface area contributed by atoms with Crippen LogP contribution in [0.15, 0.2) is 54.9 Å². The molecule has 0 aliphatic carbocycles. The zero-order valence-corrected chi connectivity index (χ0v) is 10.8. The van der Waals surface area contributed by atoms with Crippen LogP contribution in [0.2, 0.25) is 0 Å². The number of fused-ring (bicyclic) bond motifs is 1. The highest BCUT2D eigenvalue weighted by atomic mass is 19.1. The molecule has 3 nitrogen and oxygen atoms in total. The molecule has 4 heteroatoms. The molecule has 0 bridgehead atoms. The monoisotopic (exact) mass is 267 g/mol. The van der Waals surface area contributed by atoms with E-state index < -0.39 is 0 Å². The number of pyridine rings is 1. The van der Waals surface area contributed by atoms with Crippen molar-refractivity contribution in [1.82, 2.24) is 4.98 Å². The third kappa shape index (κ3) is 2.28. The maximum atomic E-state index is 13.6. The van der Waals surface area contributed by atoms with Crippen molar-refractivity contribution in [2.75, 3.05) is 11.1 Å². The van der Waals surface area contributed by atoms with Gasteiger partial charge >= 0.3 is 0 Å². The molecule has 3 N–H and O–H groups in total. The van der Waals surface area contributed by atoms with Gasteiger partial charge in [-0.2, -0.15) is 0 Å². The van der Waals surface area contributed by atoms with Crippen LogP contribution in [0.5, 0.6) is 0 Å². The highest BCUT2D eigenvalue weighted by Crippen LogP contribution is 2.27.